The van der Waals surface area contributed by atoms with E-state index in [1.807, 2.05) is 0 Å². The van der Waals surface area contributed by atoms with Crippen molar-refractivity contribution in [3.63, 3.8) is 0 Å². The van der Waals surface area contributed by atoms with Crippen LogP contribution in [0.2, 0.25) is 5.02 Å². The molecule has 1 nitrogen and oxygen atoms in total. The number of halogens is 5. The third kappa shape index (κ3) is 3.72. The van der Waals surface area contributed by atoms with Gasteiger partial charge in [0, 0.05) is 5.92 Å². The number of hydrogen-bond donors (Lipinski definition) is 0. The molecular weight excluding hydrogens is 344 g/mol. The van der Waals surface area contributed by atoms with Crippen molar-refractivity contribution in [3.05, 3.63) is 34.3 Å². The van der Waals surface area contributed by atoms with Gasteiger partial charge >= 0.3 is 6.18 Å². The van der Waals surface area contributed by atoms with E-state index in [4.69, 9.17) is 11.6 Å². The van der Waals surface area contributed by atoms with E-state index in [1.54, 1.807) is 0 Å². The second kappa shape index (κ2) is 5.44. The third-order valence-electron chi connectivity index (χ3n) is 3.04. The van der Waals surface area contributed by atoms with E-state index < -0.39 is 16.6 Å². The van der Waals surface area contributed by atoms with Crippen molar-refractivity contribution in [3.8, 4) is 0 Å². The Morgan fingerprint density at radius 3 is 2.58 bits per heavy atom. The molecular formula is C13H11BrClF3O. The molecule has 1 aromatic carbocycles. The highest BCUT2D eigenvalue weighted by molar-refractivity contribution is 9.10. The van der Waals surface area contributed by atoms with Crippen molar-refractivity contribution in [1.82, 2.24) is 0 Å². The Bertz CT molecular complexity index is 497. The van der Waals surface area contributed by atoms with Gasteiger partial charge in [-0.2, -0.15) is 13.2 Å². The summed E-state index contributed by atoms with van der Waals surface area (Å²) in [7, 11) is 0. The Morgan fingerprint density at radius 1 is 1.42 bits per heavy atom. The van der Waals surface area contributed by atoms with Crippen molar-refractivity contribution in [2.24, 2.45) is 5.92 Å². The van der Waals surface area contributed by atoms with E-state index in [-0.39, 0.29) is 23.1 Å². The number of rotatable bonds is 4. The Hall–Kier alpha value is -0.550. The van der Waals surface area contributed by atoms with Crippen LogP contribution in [0.5, 0.6) is 0 Å². The van der Waals surface area contributed by atoms with Crippen LogP contribution in [0.25, 0.3) is 0 Å². The number of ketones is 1. The van der Waals surface area contributed by atoms with Crippen LogP contribution in [0.3, 0.4) is 0 Å². The molecule has 6 heteroatoms. The molecule has 0 bridgehead atoms. The fraction of sp³-hybridized carbons (Fsp3) is 0.462. The SMILES string of the molecule is O=C(C(Br)Cc1ccc(Cl)c(C(F)(F)F)c1)C1CC1. The van der Waals surface area contributed by atoms with Crippen molar-refractivity contribution >= 4 is 33.3 Å². The lowest BCUT2D eigenvalue weighted by Crippen LogP contribution is -2.18. The maximum atomic E-state index is 12.7. The summed E-state index contributed by atoms with van der Waals surface area (Å²) < 4.78 is 38.1. The molecule has 1 atom stereocenters. The van der Waals surface area contributed by atoms with Crippen LogP contribution in [0.4, 0.5) is 13.2 Å². The molecule has 0 saturated heterocycles. The smallest absolute Gasteiger partial charge is 0.298 e. The fourth-order valence-electron chi connectivity index (χ4n) is 1.85. The van der Waals surface area contributed by atoms with E-state index in [0.717, 1.165) is 18.9 Å². The van der Waals surface area contributed by atoms with Gasteiger partial charge in [0.1, 0.15) is 5.78 Å². The molecule has 1 fully saturated rings. The van der Waals surface area contributed by atoms with Gasteiger partial charge in [0.05, 0.1) is 15.4 Å². The lowest BCUT2D eigenvalue weighted by Gasteiger charge is -2.13. The van der Waals surface area contributed by atoms with Gasteiger partial charge in [0.25, 0.3) is 0 Å². The predicted molar refractivity (Wildman–Crippen MR) is 70.6 cm³/mol. The highest BCUT2D eigenvalue weighted by Gasteiger charge is 2.35. The summed E-state index contributed by atoms with van der Waals surface area (Å²) in [6.45, 7) is 0. The minimum Gasteiger partial charge on any atom is -0.298 e. The zero-order valence-corrected chi connectivity index (χ0v) is 12.1. The van der Waals surface area contributed by atoms with Gasteiger partial charge in [-0.1, -0.05) is 33.6 Å². The minimum atomic E-state index is -4.48. The molecule has 1 aliphatic carbocycles. The number of hydrogen-bond acceptors (Lipinski definition) is 1. The van der Waals surface area contributed by atoms with Crippen molar-refractivity contribution < 1.29 is 18.0 Å². The summed E-state index contributed by atoms with van der Waals surface area (Å²) in [5.41, 5.74) is -0.405. The summed E-state index contributed by atoms with van der Waals surface area (Å²) in [5, 5.41) is -0.323. The second-order valence-electron chi connectivity index (χ2n) is 4.66. The van der Waals surface area contributed by atoms with Gasteiger partial charge in [0.15, 0.2) is 0 Å². The van der Waals surface area contributed by atoms with Crippen molar-refractivity contribution in [1.29, 1.82) is 0 Å². The first kappa shape index (κ1) is 14.9. The molecule has 2 rings (SSSR count). The molecule has 0 heterocycles. The van der Waals surface area contributed by atoms with Gasteiger partial charge < -0.3 is 0 Å². The molecule has 1 aliphatic rings. The molecule has 0 aromatic heterocycles. The topological polar surface area (TPSA) is 17.1 Å². The van der Waals surface area contributed by atoms with Gasteiger partial charge in [-0.3, -0.25) is 4.79 Å². The fourth-order valence-corrected chi connectivity index (χ4v) is 2.82. The molecule has 104 valence electrons. The van der Waals surface area contributed by atoms with Crippen LogP contribution in [0, 0.1) is 5.92 Å². The van der Waals surface area contributed by atoms with Gasteiger partial charge in [-0.15, -0.1) is 0 Å². The van der Waals surface area contributed by atoms with E-state index in [2.05, 4.69) is 15.9 Å². The summed E-state index contributed by atoms with van der Waals surface area (Å²) in [5.74, 6) is 0.155. The number of benzene rings is 1. The molecule has 1 unspecified atom stereocenters. The number of Topliss-reactive ketones (excluding diaryl/α,β-unsaturated/α-hetero) is 1. The normalized spacial score (nSPS) is 17.3. The monoisotopic (exact) mass is 354 g/mol. The Morgan fingerprint density at radius 2 is 2.05 bits per heavy atom. The summed E-state index contributed by atoms with van der Waals surface area (Å²) in [4.78, 5) is 11.3. The predicted octanol–water partition coefficient (Wildman–Crippen LogP) is 4.64. The van der Waals surface area contributed by atoms with Crippen LogP contribution in [-0.2, 0) is 17.4 Å². The molecule has 1 saturated carbocycles. The molecule has 0 aliphatic heterocycles. The Kier molecular flexibility index (Phi) is 4.26. The van der Waals surface area contributed by atoms with E-state index in [0.29, 0.717) is 5.56 Å². The largest absolute Gasteiger partial charge is 0.417 e. The van der Waals surface area contributed by atoms with Crippen LogP contribution in [0.1, 0.15) is 24.0 Å². The van der Waals surface area contributed by atoms with Crippen LogP contribution in [-0.4, -0.2) is 10.6 Å². The van der Waals surface area contributed by atoms with Crippen LogP contribution >= 0.6 is 27.5 Å². The first-order chi connectivity index (χ1) is 8.79. The minimum absolute atomic E-state index is 0.0727. The lowest BCUT2D eigenvalue weighted by molar-refractivity contribution is -0.137. The highest BCUT2D eigenvalue weighted by atomic mass is 79.9. The molecule has 1 aromatic rings. The maximum Gasteiger partial charge on any atom is 0.417 e. The number of carbonyl (C=O) groups excluding carboxylic acids is 1. The zero-order valence-electron chi connectivity index (χ0n) is 9.81. The first-order valence-electron chi connectivity index (χ1n) is 5.82. The highest BCUT2D eigenvalue weighted by Crippen LogP contribution is 2.36. The van der Waals surface area contributed by atoms with E-state index in [1.165, 1.54) is 12.1 Å². The average Bonchev–Trinajstić information content (AvgIpc) is 3.13. The van der Waals surface area contributed by atoms with Crippen LogP contribution in [0.15, 0.2) is 18.2 Å². The van der Waals surface area contributed by atoms with Crippen LogP contribution < -0.4 is 0 Å². The molecule has 0 amide bonds. The molecule has 0 radical (unpaired) electrons. The van der Waals surface area contributed by atoms with Crippen molar-refractivity contribution in [2.45, 2.75) is 30.3 Å². The molecule has 0 N–H and O–H groups in total. The number of alkyl halides is 4. The van der Waals surface area contributed by atoms with E-state index >= 15 is 0 Å². The summed E-state index contributed by atoms with van der Waals surface area (Å²) >= 11 is 8.79. The zero-order chi connectivity index (χ0) is 14.2. The molecule has 0 spiro atoms. The summed E-state index contributed by atoms with van der Waals surface area (Å²) in [6.07, 6.45) is -2.46. The average molecular weight is 356 g/mol. The van der Waals surface area contributed by atoms with Gasteiger partial charge in [0.2, 0.25) is 0 Å². The lowest BCUT2D eigenvalue weighted by atomic mass is 10.0. The second-order valence-corrected chi connectivity index (χ2v) is 6.17. The first-order valence-corrected chi connectivity index (χ1v) is 7.12. The van der Waals surface area contributed by atoms with E-state index in [9.17, 15) is 18.0 Å². The van der Waals surface area contributed by atoms with Gasteiger partial charge in [-0.05, 0) is 37.0 Å². The molecule has 19 heavy (non-hydrogen) atoms. The third-order valence-corrected chi connectivity index (χ3v) is 4.14. The quantitative estimate of drug-likeness (QED) is 0.719. The van der Waals surface area contributed by atoms with Crippen molar-refractivity contribution in [2.75, 3.05) is 0 Å². The summed E-state index contributed by atoms with van der Waals surface area (Å²) in [6, 6.07) is 3.75. The number of carbonyl (C=O) groups is 1. The van der Waals surface area contributed by atoms with Gasteiger partial charge in [-0.25, -0.2) is 0 Å². The Balaban J connectivity index is 2.14. The maximum absolute atomic E-state index is 12.7. The standard InChI is InChI=1S/C13H11BrClF3O/c14-10(12(19)8-2-3-8)6-7-1-4-11(15)9(5-7)13(16,17)18/h1,4-5,8,10H,2-3,6H2. The Labute approximate surface area is 122 Å².